The summed E-state index contributed by atoms with van der Waals surface area (Å²) < 4.78 is 6.43. The molecule has 3 rings (SSSR count). The molecular formula is C19H18BrN3O3. The van der Waals surface area contributed by atoms with Gasteiger partial charge in [-0.15, -0.1) is 10.2 Å². The number of aromatic nitrogens is 1. The number of rotatable bonds is 4. The van der Waals surface area contributed by atoms with Crippen LogP contribution in [0, 0.1) is 20.8 Å². The number of carbonyl (C=O) groups is 1. The van der Waals surface area contributed by atoms with E-state index in [1.165, 1.54) is 0 Å². The molecule has 0 spiro atoms. The van der Waals surface area contributed by atoms with Crippen molar-refractivity contribution in [2.24, 2.45) is 10.2 Å². The van der Waals surface area contributed by atoms with E-state index in [1.807, 2.05) is 51.1 Å². The van der Waals surface area contributed by atoms with Gasteiger partial charge in [-0.3, -0.25) is 4.79 Å². The van der Waals surface area contributed by atoms with Crippen molar-refractivity contribution in [1.82, 2.24) is 4.98 Å². The molecule has 0 saturated carbocycles. The number of nitrogens with one attached hydrogen (secondary N) is 1. The Balaban J connectivity index is 1.76. The zero-order chi connectivity index (χ0) is 18.8. The van der Waals surface area contributed by atoms with Crippen LogP contribution < -0.4 is 4.74 Å². The van der Waals surface area contributed by atoms with Crippen molar-refractivity contribution in [3.05, 3.63) is 51.5 Å². The standard InChI is InChI=1S/C19H18BrN3O3/c1-10-4-5-11(2)16(6-10)26-9-17(24)22-23-18-13-7-12(3)14(20)8-15(13)21-19(18)25/h4-8,21,25H,9H2,1-3H3. The molecule has 1 aromatic heterocycles. The molecule has 2 N–H and O–H groups in total. The van der Waals surface area contributed by atoms with Crippen molar-refractivity contribution in [3.8, 4) is 11.6 Å². The van der Waals surface area contributed by atoms with Gasteiger partial charge in [-0.2, -0.15) is 0 Å². The Labute approximate surface area is 159 Å². The first kappa shape index (κ1) is 18.1. The van der Waals surface area contributed by atoms with Gasteiger partial charge in [0.25, 0.3) is 0 Å². The molecule has 0 bridgehead atoms. The van der Waals surface area contributed by atoms with E-state index in [0.29, 0.717) is 16.7 Å². The Morgan fingerprint density at radius 1 is 1.19 bits per heavy atom. The molecule has 1 amide bonds. The van der Waals surface area contributed by atoms with Crippen LogP contribution in [0.25, 0.3) is 10.9 Å². The van der Waals surface area contributed by atoms with E-state index < -0.39 is 5.91 Å². The van der Waals surface area contributed by atoms with Crippen molar-refractivity contribution in [1.29, 1.82) is 0 Å². The Hall–Kier alpha value is -2.67. The number of ether oxygens (including phenoxy) is 1. The zero-order valence-electron chi connectivity index (χ0n) is 14.6. The molecular weight excluding hydrogens is 398 g/mol. The monoisotopic (exact) mass is 415 g/mol. The summed E-state index contributed by atoms with van der Waals surface area (Å²) >= 11 is 3.44. The number of fused-ring (bicyclic) bond motifs is 1. The van der Waals surface area contributed by atoms with Gasteiger partial charge in [0.15, 0.2) is 12.3 Å². The predicted octanol–water partition coefficient (Wildman–Crippen LogP) is 5.25. The third kappa shape index (κ3) is 3.77. The highest BCUT2D eigenvalue weighted by atomic mass is 79.9. The Bertz CT molecular complexity index is 1020. The van der Waals surface area contributed by atoms with Gasteiger partial charge in [-0.1, -0.05) is 28.1 Å². The Morgan fingerprint density at radius 3 is 2.73 bits per heavy atom. The number of aryl methyl sites for hydroxylation is 3. The number of azo groups is 1. The summed E-state index contributed by atoms with van der Waals surface area (Å²) in [6.07, 6.45) is 0. The van der Waals surface area contributed by atoms with Crippen LogP contribution in [-0.2, 0) is 4.79 Å². The molecule has 0 unspecified atom stereocenters. The summed E-state index contributed by atoms with van der Waals surface area (Å²) in [4.78, 5) is 14.8. The second-order valence-electron chi connectivity index (χ2n) is 6.12. The number of nitrogens with zero attached hydrogens (tertiary/aromatic N) is 2. The van der Waals surface area contributed by atoms with E-state index in [4.69, 9.17) is 4.74 Å². The highest BCUT2D eigenvalue weighted by Crippen LogP contribution is 2.37. The first-order valence-electron chi connectivity index (χ1n) is 8.00. The summed E-state index contributed by atoms with van der Waals surface area (Å²) in [5.74, 6) is -0.0260. The lowest BCUT2D eigenvalue weighted by Gasteiger charge is -2.07. The SMILES string of the molecule is Cc1ccc(C)c(OCC(=O)N=Nc2c(O)[nH]c3cc(Br)c(C)cc23)c1. The second-order valence-corrected chi connectivity index (χ2v) is 6.97. The normalized spacial score (nSPS) is 11.4. The predicted molar refractivity (Wildman–Crippen MR) is 103 cm³/mol. The molecule has 134 valence electrons. The smallest absolute Gasteiger partial charge is 0.302 e. The topological polar surface area (TPSA) is 87.0 Å². The van der Waals surface area contributed by atoms with E-state index in [-0.39, 0.29) is 18.2 Å². The van der Waals surface area contributed by atoms with Crippen molar-refractivity contribution >= 4 is 38.4 Å². The zero-order valence-corrected chi connectivity index (χ0v) is 16.2. The fraction of sp³-hybridized carbons (Fsp3) is 0.211. The molecule has 0 fully saturated rings. The van der Waals surface area contributed by atoms with E-state index in [2.05, 4.69) is 31.1 Å². The summed E-state index contributed by atoms with van der Waals surface area (Å²) in [6, 6.07) is 9.48. The van der Waals surface area contributed by atoms with Gasteiger partial charge >= 0.3 is 5.91 Å². The average Bonchev–Trinajstić information content (AvgIpc) is 2.88. The van der Waals surface area contributed by atoms with E-state index in [1.54, 1.807) is 0 Å². The van der Waals surface area contributed by atoms with E-state index in [9.17, 15) is 9.90 Å². The van der Waals surface area contributed by atoms with Crippen LogP contribution in [0.1, 0.15) is 16.7 Å². The second kappa shape index (κ2) is 7.29. The lowest BCUT2D eigenvalue weighted by molar-refractivity contribution is -0.120. The lowest BCUT2D eigenvalue weighted by atomic mass is 10.1. The van der Waals surface area contributed by atoms with Gasteiger partial charge in [-0.25, -0.2) is 0 Å². The fourth-order valence-electron chi connectivity index (χ4n) is 2.53. The summed E-state index contributed by atoms with van der Waals surface area (Å²) in [7, 11) is 0. The summed E-state index contributed by atoms with van der Waals surface area (Å²) in [5.41, 5.74) is 3.90. The van der Waals surface area contributed by atoms with Crippen molar-refractivity contribution in [2.45, 2.75) is 20.8 Å². The molecule has 0 aliphatic heterocycles. The lowest BCUT2D eigenvalue weighted by Crippen LogP contribution is -2.08. The minimum absolute atomic E-state index is 0.135. The molecule has 0 aliphatic rings. The van der Waals surface area contributed by atoms with Gasteiger partial charge in [0.1, 0.15) is 5.75 Å². The number of H-pyrrole nitrogens is 1. The number of amides is 1. The fourth-order valence-corrected chi connectivity index (χ4v) is 2.88. The van der Waals surface area contributed by atoms with Crippen LogP contribution in [0.15, 0.2) is 45.0 Å². The van der Waals surface area contributed by atoms with Crippen LogP contribution in [0.5, 0.6) is 11.6 Å². The minimum Gasteiger partial charge on any atom is -0.493 e. The third-order valence-electron chi connectivity index (χ3n) is 3.99. The van der Waals surface area contributed by atoms with E-state index >= 15 is 0 Å². The molecule has 0 aliphatic carbocycles. The quantitative estimate of drug-likeness (QED) is 0.570. The van der Waals surface area contributed by atoms with E-state index in [0.717, 1.165) is 21.2 Å². The maximum atomic E-state index is 12.0. The Morgan fingerprint density at radius 2 is 1.96 bits per heavy atom. The molecule has 1 heterocycles. The molecule has 26 heavy (non-hydrogen) atoms. The van der Waals surface area contributed by atoms with Crippen molar-refractivity contribution in [3.63, 3.8) is 0 Å². The largest absolute Gasteiger partial charge is 0.493 e. The van der Waals surface area contributed by atoms with Crippen LogP contribution in [0.2, 0.25) is 0 Å². The van der Waals surface area contributed by atoms with Gasteiger partial charge in [0.2, 0.25) is 5.88 Å². The number of halogens is 1. The molecule has 6 nitrogen and oxygen atoms in total. The first-order chi connectivity index (χ1) is 12.3. The number of benzene rings is 2. The van der Waals surface area contributed by atoms with Gasteiger partial charge in [-0.05, 0) is 55.7 Å². The van der Waals surface area contributed by atoms with Gasteiger partial charge in [0.05, 0.1) is 5.52 Å². The Kier molecular flexibility index (Phi) is 5.08. The summed E-state index contributed by atoms with van der Waals surface area (Å²) in [5, 5.41) is 18.3. The van der Waals surface area contributed by atoms with Gasteiger partial charge in [0, 0.05) is 9.86 Å². The minimum atomic E-state index is -0.534. The number of hydrogen-bond acceptors (Lipinski definition) is 4. The maximum Gasteiger partial charge on any atom is 0.302 e. The number of aromatic hydroxyl groups is 1. The van der Waals surface area contributed by atoms with Gasteiger partial charge < -0.3 is 14.8 Å². The average molecular weight is 416 g/mol. The number of carbonyl (C=O) groups excluding carboxylic acids is 1. The molecule has 0 atom stereocenters. The maximum absolute atomic E-state index is 12.0. The number of hydrogen-bond donors (Lipinski definition) is 2. The summed E-state index contributed by atoms with van der Waals surface area (Å²) in [6.45, 7) is 5.57. The molecule has 3 aromatic rings. The first-order valence-corrected chi connectivity index (χ1v) is 8.80. The van der Waals surface area contributed by atoms with Crippen LogP contribution in [0.3, 0.4) is 0 Å². The molecule has 0 saturated heterocycles. The highest BCUT2D eigenvalue weighted by Gasteiger charge is 2.13. The third-order valence-corrected chi connectivity index (χ3v) is 4.84. The number of aromatic amines is 1. The van der Waals surface area contributed by atoms with Crippen LogP contribution >= 0.6 is 15.9 Å². The van der Waals surface area contributed by atoms with Crippen molar-refractivity contribution < 1.29 is 14.6 Å². The molecule has 2 aromatic carbocycles. The van der Waals surface area contributed by atoms with Crippen LogP contribution in [-0.4, -0.2) is 22.6 Å². The molecule has 7 heteroatoms. The highest BCUT2D eigenvalue weighted by molar-refractivity contribution is 9.10. The molecule has 0 radical (unpaired) electrons. The van der Waals surface area contributed by atoms with Crippen LogP contribution in [0.4, 0.5) is 5.69 Å². The van der Waals surface area contributed by atoms with Crippen molar-refractivity contribution in [2.75, 3.05) is 6.61 Å².